The van der Waals surface area contributed by atoms with Gasteiger partial charge in [0.15, 0.2) is 6.10 Å². The van der Waals surface area contributed by atoms with Crippen LogP contribution in [-0.4, -0.2) is 44.3 Å². The molecule has 0 amide bonds. The lowest BCUT2D eigenvalue weighted by Gasteiger charge is -2.29. The molecule has 0 radical (unpaired) electrons. The first-order chi connectivity index (χ1) is 9.17. The van der Waals surface area contributed by atoms with Crippen LogP contribution in [0.3, 0.4) is 0 Å². The monoisotopic (exact) mass is 300 g/mol. The molecule has 0 aromatic carbocycles. The van der Waals surface area contributed by atoms with Gasteiger partial charge in [-0.3, -0.25) is 0 Å². The van der Waals surface area contributed by atoms with Gasteiger partial charge in [-0.05, 0) is 27.2 Å². The number of halogens is 3. The first-order valence-corrected chi connectivity index (χ1v) is 7.07. The van der Waals surface area contributed by atoms with Gasteiger partial charge in [-0.1, -0.05) is 13.3 Å². The van der Waals surface area contributed by atoms with E-state index >= 15 is 0 Å². The number of hydrogen-bond donors (Lipinski definition) is 0. The molecule has 0 aliphatic rings. The van der Waals surface area contributed by atoms with Crippen LogP contribution in [0.5, 0.6) is 0 Å². The zero-order chi connectivity index (χ0) is 15.6. The summed E-state index contributed by atoms with van der Waals surface area (Å²) in [6.07, 6.45) is -4.32. The van der Waals surface area contributed by atoms with Crippen LogP contribution in [-0.2, 0) is 14.2 Å². The first-order valence-electron chi connectivity index (χ1n) is 7.07. The zero-order valence-electron chi connectivity index (χ0n) is 12.9. The molecule has 0 heterocycles. The Morgan fingerprint density at radius 2 is 1.45 bits per heavy atom. The normalized spacial score (nSPS) is 14.6. The van der Waals surface area contributed by atoms with Crippen molar-refractivity contribution >= 4 is 0 Å². The maximum absolute atomic E-state index is 12.8. The lowest BCUT2D eigenvalue weighted by molar-refractivity contribution is -0.249. The minimum atomic E-state index is -4.37. The van der Waals surface area contributed by atoms with Crippen LogP contribution >= 0.6 is 0 Å². The summed E-state index contributed by atoms with van der Waals surface area (Å²) in [5.41, 5.74) is -0.830. The van der Waals surface area contributed by atoms with E-state index in [0.29, 0.717) is 19.8 Å². The average molecular weight is 300 g/mol. The largest absolute Gasteiger partial charge is 0.414 e. The number of hydrogen-bond acceptors (Lipinski definition) is 3. The molecule has 1 unspecified atom stereocenters. The second kappa shape index (κ2) is 9.58. The van der Waals surface area contributed by atoms with E-state index < -0.39 is 17.9 Å². The van der Waals surface area contributed by atoms with Crippen molar-refractivity contribution in [1.82, 2.24) is 0 Å². The van der Waals surface area contributed by atoms with Crippen LogP contribution in [0.25, 0.3) is 0 Å². The molecule has 0 spiro atoms. The van der Waals surface area contributed by atoms with Crippen LogP contribution in [0.4, 0.5) is 13.2 Å². The van der Waals surface area contributed by atoms with Crippen LogP contribution in [0.2, 0.25) is 0 Å². The molecule has 0 saturated heterocycles. The van der Waals surface area contributed by atoms with Crippen molar-refractivity contribution in [2.45, 2.75) is 64.8 Å². The fourth-order valence-electron chi connectivity index (χ4n) is 1.47. The minimum absolute atomic E-state index is 0.0113. The molecule has 122 valence electrons. The predicted molar refractivity (Wildman–Crippen MR) is 71.8 cm³/mol. The Bertz CT molecular complexity index is 237. The van der Waals surface area contributed by atoms with Gasteiger partial charge in [-0.15, -0.1) is 0 Å². The molecule has 0 fully saturated rings. The quantitative estimate of drug-likeness (QED) is 0.572. The molecule has 0 aliphatic carbocycles. The highest BCUT2D eigenvalue weighted by Gasteiger charge is 2.42. The molecule has 0 aromatic rings. The lowest BCUT2D eigenvalue weighted by Crippen LogP contribution is -2.39. The summed E-state index contributed by atoms with van der Waals surface area (Å²) in [5, 5.41) is 0. The van der Waals surface area contributed by atoms with Gasteiger partial charge in [0.2, 0.25) is 0 Å². The summed E-state index contributed by atoms with van der Waals surface area (Å²) in [6.45, 7) is 8.28. The number of ether oxygens (including phenoxy) is 3. The molecular formula is C14H27F3O3. The number of alkyl halides is 3. The van der Waals surface area contributed by atoms with Crippen LogP contribution < -0.4 is 0 Å². The van der Waals surface area contributed by atoms with Gasteiger partial charge in [0.25, 0.3) is 0 Å². The standard InChI is InChI=1S/C14H27F3O3/c1-5-6-8-18-10-11-19-9-7-12(14(15,16)17)20-13(2,3)4/h12H,5-11H2,1-4H3. The highest BCUT2D eigenvalue weighted by molar-refractivity contribution is 4.72. The fourth-order valence-corrected chi connectivity index (χ4v) is 1.47. The van der Waals surface area contributed by atoms with Gasteiger partial charge in [0.05, 0.1) is 18.8 Å². The van der Waals surface area contributed by atoms with Crippen LogP contribution in [0, 0.1) is 0 Å². The van der Waals surface area contributed by atoms with Crippen molar-refractivity contribution in [1.29, 1.82) is 0 Å². The predicted octanol–water partition coefficient (Wildman–Crippen LogP) is 3.96. The smallest absolute Gasteiger partial charge is 0.379 e. The summed E-state index contributed by atoms with van der Waals surface area (Å²) >= 11 is 0. The van der Waals surface area contributed by atoms with Gasteiger partial charge in [0.1, 0.15) is 0 Å². The maximum atomic E-state index is 12.8. The second-order valence-electron chi connectivity index (χ2n) is 5.63. The third-order valence-corrected chi connectivity index (χ3v) is 2.40. The second-order valence-corrected chi connectivity index (χ2v) is 5.63. The molecule has 0 bridgehead atoms. The molecular weight excluding hydrogens is 273 g/mol. The Hall–Kier alpha value is -0.330. The topological polar surface area (TPSA) is 27.7 Å². The van der Waals surface area contributed by atoms with Crippen molar-refractivity contribution in [3.8, 4) is 0 Å². The van der Waals surface area contributed by atoms with Gasteiger partial charge < -0.3 is 14.2 Å². The van der Waals surface area contributed by atoms with Crippen molar-refractivity contribution in [3.63, 3.8) is 0 Å². The summed E-state index contributed by atoms with van der Waals surface area (Å²) in [6, 6.07) is 0. The Kier molecular flexibility index (Phi) is 9.42. The van der Waals surface area contributed by atoms with Gasteiger partial charge in [-0.2, -0.15) is 13.2 Å². The van der Waals surface area contributed by atoms with Crippen molar-refractivity contribution < 1.29 is 27.4 Å². The molecule has 0 aliphatic heterocycles. The fraction of sp³-hybridized carbons (Fsp3) is 1.00. The van der Waals surface area contributed by atoms with Gasteiger partial charge in [-0.25, -0.2) is 0 Å². The molecule has 3 nitrogen and oxygen atoms in total. The summed E-state index contributed by atoms with van der Waals surface area (Å²) in [4.78, 5) is 0. The molecule has 0 saturated carbocycles. The van der Waals surface area contributed by atoms with E-state index in [1.807, 2.05) is 0 Å². The Morgan fingerprint density at radius 3 is 1.90 bits per heavy atom. The van der Waals surface area contributed by atoms with E-state index in [1.165, 1.54) is 0 Å². The van der Waals surface area contributed by atoms with Gasteiger partial charge in [0, 0.05) is 19.6 Å². The van der Waals surface area contributed by atoms with Crippen molar-refractivity contribution in [3.05, 3.63) is 0 Å². The highest BCUT2D eigenvalue weighted by atomic mass is 19.4. The van der Waals surface area contributed by atoms with Gasteiger partial charge >= 0.3 is 6.18 Å². The van der Waals surface area contributed by atoms with Crippen molar-refractivity contribution in [2.75, 3.05) is 26.4 Å². The third kappa shape index (κ3) is 11.5. The lowest BCUT2D eigenvalue weighted by atomic mass is 10.1. The first kappa shape index (κ1) is 19.7. The van der Waals surface area contributed by atoms with Crippen LogP contribution in [0.1, 0.15) is 47.0 Å². The van der Waals surface area contributed by atoms with E-state index in [1.54, 1.807) is 20.8 Å². The minimum Gasteiger partial charge on any atom is -0.379 e. The van der Waals surface area contributed by atoms with E-state index in [-0.39, 0.29) is 13.0 Å². The molecule has 1 atom stereocenters. The zero-order valence-corrected chi connectivity index (χ0v) is 12.9. The molecule has 0 rings (SSSR count). The molecule has 20 heavy (non-hydrogen) atoms. The molecule has 0 aromatic heterocycles. The number of rotatable bonds is 10. The highest BCUT2D eigenvalue weighted by Crippen LogP contribution is 2.28. The average Bonchev–Trinajstić information content (AvgIpc) is 2.28. The maximum Gasteiger partial charge on any atom is 0.414 e. The van der Waals surface area contributed by atoms with E-state index in [2.05, 4.69) is 6.92 Å². The molecule has 0 N–H and O–H groups in total. The summed E-state index contributed by atoms with van der Waals surface area (Å²) < 4.78 is 53.7. The number of unbranched alkanes of at least 4 members (excludes halogenated alkanes) is 1. The van der Waals surface area contributed by atoms with E-state index in [9.17, 15) is 13.2 Å². The Morgan fingerprint density at radius 1 is 0.900 bits per heavy atom. The van der Waals surface area contributed by atoms with Crippen LogP contribution in [0.15, 0.2) is 0 Å². The van der Waals surface area contributed by atoms with E-state index in [4.69, 9.17) is 14.2 Å². The Labute approximate surface area is 119 Å². The summed E-state index contributed by atoms with van der Waals surface area (Å²) in [7, 11) is 0. The van der Waals surface area contributed by atoms with Crippen molar-refractivity contribution in [2.24, 2.45) is 0 Å². The van der Waals surface area contributed by atoms with E-state index in [0.717, 1.165) is 12.8 Å². The third-order valence-electron chi connectivity index (χ3n) is 2.40. The summed E-state index contributed by atoms with van der Waals surface area (Å²) in [5.74, 6) is 0. The molecule has 6 heteroatoms. The Balaban J connectivity index is 3.81. The SMILES string of the molecule is CCCCOCCOCCC(OC(C)(C)C)C(F)(F)F.